The highest BCUT2D eigenvalue weighted by atomic mass is 19.4. The van der Waals surface area contributed by atoms with E-state index in [2.05, 4.69) is 0 Å². The summed E-state index contributed by atoms with van der Waals surface area (Å²) in [6.45, 7) is 2.93. The van der Waals surface area contributed by atoms with Crippen LogP contribution in [0.4, 0.5) is 22.0 Å². The molecule has 0 radical (unpaired) electrons. The van der Waals surface area contributed by atoms with Gasteiger partial charge in [0.2, 0.25) is 0 Å². The van der Waals surface area contributed by atoms with Crippen LogP contribution in [0.25, 0.3) is 0 Å². The van der Waals surface area contributed by atoms with Crippen LogP contribution in [0.3, 0.4) is 0 Å². The van der Waals surface area contributed by atoms with Gasteiger partial charge in [0.15, 0.2) is 0 Å². The normalized spacial score (nSPS) is 13.2. The van der Waals surface area contributed by atoms with Crippen LogP contribution in [-0.2, 0) is 10.2 Å². The number of alkyl halides is 5. The fourth-order valence-corrected chi connectivity index (χ4v) is 1.53. The van der Waals surface area contributed by atoms with Crippen LogP contribution in [0.5, 0.6) is 0 Å². The van der Waals surface area contributed by atoms with E-state index in [4.69, 9.17) is 0 Å². The molecular formula is C13H14F5NO. The Labute approximate surface area is 113 Å². The molecule has 1 rings (SSSR count). The monoisotopic (exact) mass is 295 g/mol. The quantitative estimate of drug-likeness (QED) is 0.849. The Bertz CT molecular complexity index is 467. The molecule has 0 saturated carbocycles. The maximum atomic E-state index is 12.8. The molecule has 0 bridgehead atoms. The van der Waals surface area contributed by atoms with Crippen molar-refractivity contribution in [3.05, 3.63) is 35.9 Å². The maximum absolute atomic E-state index is 12.8. The maximum Gasteiger partial charge on any atom is 0.463 e. The lowest BCUT2D eigenvalue weighted by Gasteiger charge is -2.27. The van der Waals surface area contributed by atoms with E-state index in [0.29, 0.717) is 0 Å². The Morgan fingerprint density at radius 3 is 2.00 bits per heavy atom. The Balaban J connectivity index is 2.75. The summed E-state index contributed by atoms with van der Waals surface area (Å²) in [7, 11) is 0. The summed E-state index contributed by atoms with van der Waals surface area (Å²) in [5, 5.41) is 1.66. The molecule has 20 heavy (non-hydrogen) atoms. The first-order valence-corrected chi connectivity index (χ1v) is 5.77. The lowest BCUT2D eigenvalue weighted by Crippen LogP contribution is -2.52. The van der Waals surface area contributed by atoms with Gasteiger partial charge in [0, 0.05) is 12.0 Å². The summed E-state index contributed by atoms with van der Waals surface area (Å²) in [5.41, 5.74) is -0.0471. The number of rotatable bonds is 4. The van der Waals surface area contributed by atoms with Gasteiger partial charge >= 0.3 is 12.1 Å². The zero-order chi connectivity index (χ0) is 15.6. The lowest BCUT2D eigenvalue weighted by molar-refractivity contribution is -0.269. The van der Waals surface area contributed by atoms with Crippen LogP contribution in [-0.4, -0.2) is 24.6 Å². The van der Waals surface area contributed by atoms with E-state index in [-0.39, 0.29) is 6.54 Å². The number of benzene rings is 1. The Morgan fingerprint density at radius 2 is 1.55 bits per heavy atom. The molecule has 0 atom stereocenters. The number of nitrogens with one attached hydrogen (secondary N) is 1. The minimum Gasteiger partial charge on any atom is -0.350 e. The second-order valence-corrected chi connectivity index (χ2v) is 5.00. The van der Waals surface area contributed by atoms with Gasteiger partial charge in [0.05, 0.1) is 0 Å². The van der Waals surface area contributed by atoms with E-state index in [9.17, 15) is 26.7 Å². The van der Waals surface area contributed by atoms with Gasteiger partial charge < -0.3 is 5.32 Å². The highest BCUT2D eigenvalue weighted by Gasteiger charge is 2.63. The van der Waals surface area contributed by atoms with Gasteiger partial charge in [-0.25, -0.2) is 0 Å². The summed E-state index contributed by atoms with van der Waals surface area (Å²) in [6, 6.07) is 8.57. The third-order valence-corrected chi connectivity index (χ3v) is 2.89. The number of carbonyl (C=O) groups is 1. The molecule has 0 unspecified atom stereocenters. The largest absolute Gasteiger partial charge is 0.463 e. The van der Waals surface area contributed by atoms with Crippen molar-refractivity contribution in [2.45, 2.75) is 31.4 Å². The van der Waals surface area contributed by atoms with Crippen molar-refractivity contribution in [2.24, 2.45) is 0 Å². The standard InChI is InChI=1S/C13H14F5NO/c1-11(2,9-6-4-3-5-7-9)8-19-10(20)12(14,15)13(16,17)18/h3-7H,8H2,1-2H3,(H,19,20). The topological polar surface area (TPSA) is 29.1 Å². The molecule has 0 aromatic heterocycles. The van der Waals surface area contributed by atoms with Gasteiger partial charge in [-0.05, 0) is 5.56 Å². The summed E-state index contributed by atoms with van der Waals surface area (Å²) in [5.74, 6) is -7.73. The van der Waals surface area contributed by atoms with Crippen LogP contribution >= 0.6 is 0 Å². The number of amides is 1. The van der Waals surface area contributed by atoms with E-state index >= 15 is 0 Å². The van der Waals surface area contributed by atoms with Gasteiger partial charge in [-0.2, -0.15) is 22.0 Å². The number of carbonyl (C=O) groups excluding carboxylic acids is 1. The van der Waals surface area contributed by atoms with E-state index in [1.807, 2.05) is 0 Å². The first-order chi connectivity index (χ1) is 8.98. The van der Waals surface area contributed by atoms with Gasteiger partial charge in [0.1, 0.15) is 0 Å². The first kappa shape index (κ1) is 16.4. The molecule has 7 heteroatoms. The molecule has 0 heterocycles. The Hall–Kier alpha value is -1.66. The second kappa shape index (κ2) is 5.38. The van der Waals surface area contributed by atoms with E-state index in [1.165, 1.54) is 0 Å². The molecule has 1 aromatic rings. The van der Waals surface area contributed by atoms with Crippen LogP contribution in [0.15, 0.2) is 30.3 Å². The predicted octanol–water partition coefficient (Wildman–Crippen LogP) is 3.28. The molecule has 1 N–H and O–H groups in total. The van der Waals surface area contributed by atoms with Crippen molar-refractivity contribution in [1.29, 1.82) is 0 Å². The Morgan fingerprint density at radius 1 is 1.05 bits per heavy atom. The molecule has 2 nitrogen and oxygen atoms in total. The van der Waals surface area contributed by atoms with Crippen molar-refractivity contribution in [1.82, 2.24) is 5.32 Å². The Kier molecular flexibility index (Phi) is 4.41. The average Bonchev–Trinajstić information content (AvgIpc) is 2.35. The van der Waals surface area contributed by atoms with Crippen LogP contribution in [0.1, 0.15) is 19.4 Å². The van der Waals surface area contributed by atoms with Crippen LogP contribution in [0, 0.1) is 0 Å². The summed E-state index contributed by atoms with van der Waals surface area (Å²) >= 11 is 0. The van der Waals surface area contributed by atoms with E-state index < -0.39 is 23.4 Å². The minimum absolute atomic E-state index is 0.332. The molecular weight excluding hydrogens is 281 g/mol. The zero-order valence-corrected chi connectivity index (χ0v) is 10.9. The molecule has 1 amide bonds. The van der Waals surface area contributed by atoms with Gasteiger partial charge in [0.25, 0.3) is 5.91 Å². The van der Waals surface area contributed by atoms with Crippen molar-refractivity contribution >= 4 is 5.91 Å². The predicted molar refractivity (Wildman–Crippen MR) is 63.5 cm³/mol. The van der Waals surface area contributed by atoms with Gasteiger partial charge in [-0.1, -0.05) is 44.2 Å². The van der Waals surface area contributed by atoms with Crippen LogP contribution in [0.2, 0.25) is 0 Å². The summed E-state index contributed by atoms with van der Waals surface area (Å²) in [6.07, 6.45) is -5.89. The van der Waals surface area contributed by atoms with Gasteiger partial charge in [-0.3, -0.25) is 4.79 Å². The van der Waals surface area contributed by atoms with Gasteiger partial charge in [-0.15, -0.1) is 0 Å². The summed E-state index contributed by atoms with van der Waals surface area (Å²) < 4.78 is 61.6. The third-order valence-electron chi connectivity index (χ3n) is 2.89. The van der Waals surface area contributed by atoms with Crippen molar-refractivity contribution in [3.63, 3.8) is 0 Å². The van der Waals surface area contributed by atoms with Crippen LogP contribution < -0.4 is 5.32 Å². The molecule has 0 fully saturated rings. The summed E-state index contributed by atoms with van der Waals surface area (Å²) in [4.78, 5) is 11.0. The van der Waals surface area contributed by atoms with Crippen molar-refractivity contribution in [3.8, 4) is 0 Å². The molecule has 0 aliphatic rings. The smallest absolute Gasteiger partial charge is 0.350 e. The molecule has 0 saturated heterocycles. The first-order valence-electron chi connectivity index (χ1n) is 5.77. The molecule has 112 valence electrons. The molecule has 0 aliphatic heterocycles. The highest BCUT2D eigenvalue weighted by molar-refractivity contribution is 5.84. The molecule has 1 aromatic carbocycles. The second-order valence-electron chi connectivity index (χ2n) is 5.00. The van der Waals surface area contributed by atoms with E-state index in [0.717, 1.165) is 5.56 Å². The molecule has 0 spiro atoms. The highest BCUT2D eigenvalue weighted by Crippen LogP contribution is 2.35. The van der Waals surface area contributed by atoms with E-state index in [1.54, 1.807) is 49.5 Å². The minimum atomic E-state index is -5.89. The number of hydrogen-bond acceptors (Lipinski definition) is 1. The number of hydrogen-bond donors (Lipinski definition) is 1. The number of halogens is 5. The average molecular weight is 295 g/mol. The fraction of sp³-hybridized carbons (Fsp3) is 0.462. The third kappa shape index (κ3) is 3.46. The SMILES string of the molecule is CC(C)(CNC(=O)C(F)(F)C(F)(F)F)c1ccccc1. The molecule has 0 aliphatic carbocycles. The van der Waals surface area contributed by atoms with Crippen molar-refractivity contribution in [2.75, 3.05) is 6.54 Å². The lowest BCUT2D eigenvalue weighted by atomic mass is 9.84. The fourth-order valence-electron chi connectivity index (χ4n) is 1.53. The zero-order valence-electron chi connectivity index (χ0n) is 10.9. The van der Waals surface area contributed by atoms with Crippen molar-refractivity contribution < 1.29 is 26.7 Å².